The van der Waals surface area contributed by atoms with E-state index in [1.54, 1.807) is 18.2 Å². The van der Waals surface area contributed by atoms with E-state index in [0.717, 1.165) is 12.8 Å². The number of hydrogen-bond acceptors (Lipinski definition) is 2. The number of quaternary nitrogens is 1. The lowest BCUT2D eigenvalue weighted by Gasteiger charge is -2.23. The molecule has 2 atom stereocenters. The van der Waals surface area contributed by atoms with Gasteiger partial charge >= 0.3 is 0 Å². The minimum atomic E-state index is -0.264. The number of rotatable bonds is 8. The molecule has 2 rings (SSSR count). The van der Waals surface area contributed by atoms with Crippen LogP contribution in [0.15, 0.2) is 48.5 Å². The Hall–Kier alpha value is -2.64. The van der Waals surface area contributed by atoms with Gasteiger partial charge in [0.25, 0.3) is 5.91 Å². The van der Waals surface area contributed by atoms with Crippen molar-refractivity contribution in [2.24, 2.45) is 5.92 Å². The summed E-state index contributed by atoms with van der Waals surface area (Å²) in [4.78, 5) is 12.7. The highest BCUT2D eigenvalue weighted by molar-refractivity contribution is 5.94. The van der Waals surface area contributed by atoms with Gasteiger partial charge in [0.1, 0.15) is 12.1 Å². The van der Waals surface area contributed by atoms with Crippen molar-refractivity contribution in [2.75, 3.05) is 5.32 Å². The van der Waals surface area contributed by atoms with Crippen LogP contribution in [0.5, 0.6) is 0 Å². The first-order valence-electron chi connectivity index (χ1n) is 9.70. The van der Waals surface area contributed by atoms with Crippen LogP contribution in [0, 0.1) is 17.2 Å². The highest BCUT2D eigenvalue weighted by atomic mass is 16.2. The number of aryl methyl sites for hydroxylation is 1. The van der Waals surface area contributed by atoms with Crippen LogP contribution in [-0.2, 0) is 11.2 Å². The molecule has 4 nitrogen and oxygen atoms in total. The highest BCUT2D eigenvalue weighted by Crippen LogP contribution is 2.19. The summed E-state index contributed by atoms with van der Waals surface area (Å²) >= 11 is 0. The topological polar surface area (TPSA) is 69.5 Å². The quantitative estimate of drug-likeness (QED) is 0.748. The van der Waals surface area contributed by atoms with E-state index in [-0.39, 0.29) is 18.0 Å². The number of hydrogen-bond donors (Lipinski definition) is 2. The second kappa shape index (κ2) is 9.89. The van der Waals surface area contributed by atoms with Crippen molar-refractivity contribution in [3.05, 3.63) is 65.2 Å². The zero-order valence-corrected chi connectivity index (χ0v) is 16.7. The Bertz CT molecular complexity index is 790. The van der Waals surface area contributed by atoms with Crippen molar-refractivity contribution >= 4 is 11.6 Å². The minimum Gasteiger partial charge on any atom is -0.330 e. The third-order valence-corrected chi connectivity index (χ3v) is 4.84. The number of carbonyl (C=O) groups excluding carboxylic acids is 1. The van der Waals surface area contributed by atoms with E-state index < -0.39 is 0 Å². The number of nitrogens with zero attached hydrogens (tertiary/aromatic N) is 1. The molecule has 0 saturated carbocycles. The summed E-state index contributed by atoms with van der Waals surface area (Å²) in [5.74, 6) is 0.301. The molecule has 3 N–H and O–H groups in total. The normalized spacial score (nSPS) is 13.0. The molecule has 0 aliphatic rings. The Morgan fingerprint density at radius 2 is 1.78 bits per heavy atom. The summed E-state index contributed by atoms with van der Waals surface area (Å²) in [6, 6.07) is 17.9. The van der Waals surface area contributed by atoms with E-state index in [9.17, 15) is 10.1 Å². The fourth-order valence-electron chi connectivity index (χ4n) is 3.25. The molecule has 2 aromatic carbocycles. The number of anilines is 1. The molecule has 0 spiro atoms. The number of benzene rings is 2. The molecule has 0 saturated heterocycles. The lowest BCUT2D eigenvalue weighted by Crippen LogP contribution is -2.93. The van der Waals surface area contributed by atoms with Crippen molar-refractivity contribution < 1.29 is 10.1 Å². The van der Waals surface area contributed by atoms with E-state index >= 15 is 0 Å². The van der Waals surface area contributed by atoms with Gasteiger partial charge in [-0.3, -0.25) is 4.79 Å². The molecule has 27 heavy (non-hydrogen) atoms. The zero-order valence-electron chi connectivity index (χ0n) is 16.7. The van der Waals surface area contributed by atoms with Gasteiger partial charge in [-0.05, 0) is 31.0 Å². The fourth-order valence-corrected chi connectivity index (χ4v) is 3.25. The van der Waals surface area contributed by atoms with Gasteiger partial charge in [0.05, 0.1) is 11.3 Å². The second-order valence-corrected chi connectivity index (χ2v) is 7.39. The smallest absolute Gasteiger partial charge is 0.282 e. The maximum Gasteiger partial charge on any atom is 0.282 e. The average molecular weight is 365 g/mol. The van der Waals surface area contributed by atoms with Gasteiger partial charge in [-0.1, -0.05) is 63.6 Å². The number of nitrogens with one attached hydrogen (secondary N) is 1. The molecule has 142 valence electrons. The maximum absolute atomic E-state index is 12.7. The Kier molecular flexibility index (Phi) is 7.57. The van der Waals surface area contributed by atoms with Crippen LogP contribution in [-0.4, -0.2) is 11.9 Å². The fraction of sp³-hybridized carbons (Fsp3) is 0.391. The lowest BCUT2D eigenvalue weighted by molar-refractivity contribution is -0.718. The molecule has 0 aliphatic heterocycles. The van der Waals surface area contributed by atoms with E-state index in [2.05, 4.69) is 61.7 Å². The van der Waals surface area contributed by atoms with E-state index in [0.29, 0.717) is 17.2 Å². The number of nitriles is 1. The molecule has 0 aliphatic carbocycles. The van der Waals surface area contributed by atoms with Crippen LogP contribution in [0.25, 0.3) is 0 Å². The third kappa shape index (κ3) is 5.67. The molecular weight excluding hydrogens is 334 g/mol. The van der Waals surface area contributed by atoms with E-state index in [1.165, 1.54) is 11.1 Å². The third-order valence-electron chi connectivity index (χ3n) is 4.84. The first kappa shape index (κ1) is 20.7. The van der Waals surface area contributed by atoms with Crippen LogP contribution in [0.1, 0.15) is 56.8 Å². The summed E-state index contributed by atoms with van der Waals surface area (Å²) in [6.07, 6.45) is 2.23. The highest BCUT2D eigenvalue weighted by Gasteiger charge is 2.26. The minimum absolute atomic E-state index is 0.0917. The lowest BCUT2D eigenvalue weighted by atomic mass is 9.94. The molecule has 0 fully saturated rings. The van der Waals surface area contributed by atoms with Crippen LogP contribution in [0.4, 0.5) is 5.69 Å². The number of carbonyl (C=O) groups is 1. The Morgan fingerprint density at radius 1 is 1.11 bits per heavy atom. The van der Waals surface area contributed by atoms with Crippen LogP contribution < -0.4 is 10.6 Å². The molecule has 0 aromatic heterocycles. The zero-order chi connectivity index (χ0) is 19.8. The first-order chi connectivity index (χ1) is 13.0. The predicted molar refractivity (Wildman–Crippen MR) is 109 cm³/mol. The maximum atomic E-state index is 12.7. The molecule has 0 bridgehead atoms. The van der Waals surface area contributed by atoms with Crippen molar-refractivity contribution in [1.29, 1.82) is 5.26 Å². The van der Waals surface area contributed by atoms with Gasteiger partial charge in [-0.25, -0.2) is 0 Å². The number of nitrogens with two attached hydrogens (primary N) is 1. The average Bonchev–Trinajstić information content (AvgIpc) is 2.67. The molecular formula is C23H30N3O+. The van der Waals surface area contributed by atoms with Crippen molar-refractivity contribution in [3.8, 4) is 6.07 Å². The van der Waals surface area contributed by atoms with Gasteiger partial charge in [-0.2, -0.15) is 5.26 Å². The van der Waals surface area contributed by atoms with Crippen LogP contribution in [0.3, 0.4) is 0 Å². The monoisotopic (exact) mass is 364 g/mol. The SMILES string of the molecule is CCCc1ccc([C@H]([NH2+][C@H](C)C(=O)Nc2ccccc2C#N)C(C)C)cc1. The molecule has 4 heteroatoms. The molecule has 1 amide bonds. The number of para-hydroxylation sites is 1. The van der Waals surface area contributed by atoms with Crippen molar-refractivity contribution in [3.63, 3.8) is 0 Å². The van der Waals surface area contributed by atoms with E-state index in [1.807, 2.05) is 13.0 Å². The van der Waals surface area contributed by atoms with Crippen LogP contribution >= 0.6 is 0 Å². The standard InChI is InChI=1S/C23H29N3O/c1-5-8-18-11-13-19(14-12-18)22(16(2)3)25-17(4)23(27)26-21-10-7-6-9-20(21)15-24/h6-7,9-14,16-17,22,25H,5,8H2,1-4H3,(H,26,27)/p+1/t17-,22-/m1/s1. The molecule has 0 unspecified atom stereocenters. The van der Waals surface area contributed by atoms with Gasteiger partial charge in [0, 0.05) is 11.5 Å². The Morgan fingerprint density at radius 3 is 2.37 bits per heavy atom. The van der Waals surface area contributed by atoms with Crippen LogP contribution in [0.2, 0.25) is 0 Å². The second-order valence-electron chi connectivity index (χ2n) is 7.39. The van der Waals surface area contributed by atoms with Crippen molar-refractivity contribution in [1.82, 2.24) is 0 Å². The summed E-state index contributed by atoms with van der Waals surface area (Å²) in [7, 11) is 0. The summed E-state index contributed by atoms with van der Waals surface area (Å²) in [5.41, 5.74) is 3.63. The molecule has 0 heterocycles. The van der Waals surface area contributed by atoms with Gasteiger partial charge in [0.15, 0.2) is 6.04 Å². The molecule has 0 radical (unpaired) electrons. The Balaban J connectivity index is 2.08. The van der Waals surface area contributed by atoms with Crippen molar-refractivity contribution in [2.45, 2.75) is 52.6 Å². The van der Waals surface area contributed by atoms with Gasteiger partial charge < -0.3 is 10.6 Å². The van der Waals surface area contributed by atoms with E-state index in [4.69, 9.17) is 0 Å². The summed E-state index contributed by atoms with van der Waals surface area (Å²) in [5, 5.41) is 14.2. The molecule has 2 aromatic rings. The van der Waals surface area contributed by atoms with Gasteiger partial charge in [0.2, 0.25) is 0 Å². The first-order valence-corrected chi connectivity index (χ1v) is 9.70. The summed E-state index contributed by atoms with van der Waals surface area (Å²) < 4.78 is 0. The number of amides is 1. The largest absolute Gasteiger partial charge is 0.330 e. The Labute approximate surface area is 162 Å². The van der Waals surface area contributed by atoms with Gasteiger partial charge in [-0.15, -0.1) is 0 Å². The predicted octanol–water partition coefficient (Wildman–Crippen LogP) is 3.80. The summed E-state index contributed by atoms with van der Waals surface area (Å²) in [6.45, 7) is 8.45.